The summed E-state index contributed by atoms with van der Waals surface area (Å²) in [4.78, 5) is 26.3. The SMILES string of the molecule is CCCCNC(=O)c1ccc(C(=O)N2CCC(C)CC2)cc1. The van der Waals surface area contributed by atoms with Crippen LogP contribution in [0.25, 0.3) is 0 Å². The van der Waals surface area contributed by atoms with E-state index in [1.807, 2.05) is 4.90 Å². The fourth-order valence-electron chi connectivity index (χ4n) is 2.64. The zero-order valence-electron chi connectivity index (χ0n) is 13.6. The van der Waals surface area contributed by atoms with Crippen molar-refractivity contribution in [3.63, 3.8) is 0 Å². The maximum atomic E-state index is 12.4. The topological polar surface area (TPSA) is 49.4 Å². The van der Waals surface area contributed by atoms with Gasteiger partial charge in [0.2, 0.25) is 0 Å². The van der Waals surface area contributed by atoms with E-state index in [0.29, 0.717) is 23.6 Å². The number of rotatable bonds is 5. The van der Waals surface area contributed by atoms with Crippen molar-refractivity contribution in [1.82, 2.24) is 10.2 Å². The Kier molecular flexibility index (Phi) is 5.99. The van der Waals surface area contributed by atoms with E-state index in [1.54, 1.807) is 24.3 Å². The van der Waals surface area contributed by atoms with Gasteiger partial charge in [-0.2, -0.15) is 0 Å². The molecule has 0 bridgehead atoms. The van der Waals surface area contributed by atoms with E-state index in [4.69, 9.17) is 0 Å². The number of amides is 2. The molecule has 0 unspecified atom stereocenters. The average Bonchev–Trinajstić information content (AvgIpc) is 2.55. The number of likely N-dealkylation sites (tertiary alicyclic amines) is 1. The van der Waals surface area contributed by atoms with Crippen LogP contribution in [0.15, 0.2) is 24.3 Å². The molecule has 0 radical (unpaired) electrons. The van der Waals surface area contributed by atoms with Crippen molar-refractivity contribution < 1.29 is 9.59 Å². The Hall–Kier alpha value is -1.84. The number of piperidine rings is 1. The summed E-state index contributed by atoms with van der Waals surface area (Å²) in [7, 11) is 0. The van der Waals surface area contributed by atoms with E-state index in [0.717, 1.165) is 38.8 Å². The molecule has 0 spiro atoms. The van der Waals surface area contributed by atoms with Crippen molar-refractivity contribution in [1.29, 1.82) is 0 Å². The summed E-state index contributed by atoms with van der Waals surface area (Å²) in [6.45, 7) is 6.68. The molecule has 1 aromatic rings. The number of carbonyl (C=O) groups excluding carboxylic acids is 2. The van der Waals surface area contributed by atoms with Gasteiger partial charge in [-0.3, -0.25) is 9.59 Å². The van der Waals surface area contributed by atoms with Crippen LogP contribution in [0, 0.1) is 5.92 Å². The molecule has 1 fully saturated rings. The molecular formula is C18H26N2O2. The zero-order valence-corrected chi connectivity index (χ0v) is 13.6. The lowest BCUT2D eigenvalue weighted by atomic mass is 9.98. The van der Waals surface area contributed by atoms with Crippen molar-refractivity contribution in [2.24, 2.45) is 5.92 Å². The van der Waals surface area contributed by atoms with E-state index in [9.17, 15) is 9.59 Å². The third-order valence-electron chi connectivity index (χ3n) is 4.28. The molecule has 0 aliphatic carbocycles. The normalized spacial score (nSPS) is 15.6. The smallest absolute Gasteiger partial charge is 0.253 e. The molecule has 0 saturated carbocycles. The van der Waals surface area contributed by atoms with Gasteiger partial charge in [0, 0.05) is 30.8 Å². The number of nitrogens with one attached hydrogen (secondary N) is 1. The van der Waals surface area contributed by atoms with Gasteiger partial charge in [-0.15, -0.1) is 0 Å². The molecule has 120 valence electrons. The first-order chi connectivity index (χ1) is 10.6. The monoisotopic (exact) mass is 302 g/mol. The van der Waals surface area contributed by atoms with Gasteiger partial charge in [0.1, 0.15) is 0 Å². The summed E-state index contributed by atoms with van der Waals surface area (Å²) in [6, 6.07) is 6.99. The lowest BCUT2D eigenvalue weighted by Crippen LogP contribution is -2.37. The molecule has 1 heterocycles. The quantitative estimate of drug-likeness (QED) is 0.850. The lowest BCUT2D eigenvalue weighted by molar-refractivity contribution is 0.0696. The van der Waals surface area contributed by atoms with Crippen molar-refractivity contribution in [3.05, 3.63) is 35.4 Å². The Bertz CT molecular complexity index is 502. The van der Waals surface area contributed by atoms with E-state index in [-0.39, 0.29) is 11.8 Å². The molecule has 2 rings (SSSR count). The summed E-state index contributed by atoms with van der Waals surface area (Å²) in [5, 5.41) is 2.88. The van der Waals surface area contributed by atoms with Crippen LogP contribution in [-0.2, 0) is 0 Å². The van der Waals surface area contributed by atoms with E-state index >= 15 is 0 Å². The highest BCUT2D eigenvalue weighted by Crippen LogP contribution is 2.18. The number of carbonyl (C=O) groups is 2. The highest BCUT2D eigenvalue weighted by atomic mass is 16.2. The minimum Gasteiger partial charge on any atom is -0.352 e. The van der Waals surface area contributed by atoms with Gasteiger partial charge in [0.15, 0.2) is 0 Å². The summed E-state index contributed by atoms with van der Waals surface area (Å²) in [5.74, 6) is 0.710. The van der Waals surface area contributed by atoms with Crippen LogP contribution < -0.4 is 5.32 Å². The van der Waals surface area contributed by atoms with Crippen LogP contribution in [0.4, 0.5) is 0 Å². The maximum Gasteiger partial charge on any atom is 0.253 e. The minimum atomic E-state index is -0.0701. The minimum absolute atomic E-state index is 0.0701. The number of hydrogen-bond acceptors (Lipinski definition) is 2. The second kappa shape index (κ2) is 7.97. The molecule has 4 nitrogen and oxygen atoms in total. The predicted octanol–water partition coefficient (Wildman–Crippen LogP) is 3.09. The Labute approximate surface area is 132 Å². The van der Waals surface area contributed by atoms with Gasteiger partial charge in [-0.05, 0) is 49.4 Å². The second-order valence-corrected chi connectivity index (χ2v) is 6.16. The van der Waals surface area contributed by atoms with Gasteiger partial charge in [-0.25, -0.2) is 0 Å². The molecule has 4 heteroatoms. The van der Waals surface area contributed by atoms with Crippen molar-refractivity contribution in [2.45, 2.75) is 39.5 Å². The number of unbranched alkanes of at least 4 members (excludes halogenated alkanes) is 1. The van der Waals surface area contributed by atoms with Crippen molar-refractivity contribution in [2.75, 3.05) is 19.6 Å². The Morgan fingerprint density at radius 2 is 1.73 bits per heavy atom. The fourth-order valence-corrected chi connectivity index (χ4v) is 2.64. The molecule has 1 saturated heterocycles. The molecule has 1 N–H and O–H groups in total. The molecular weight excluding hydrogens is 276 g/mol. The van der Waals surface area contributed by atoms with Crippen LogP contribution in [0.5, 0.6) is 0 Å². The zero-order chi connectivity index (χ0) is 15.9. The summed E-state index contributed by atoms with van der Waals surface area (Å²) < 4.78 is 0. The van der Waals surface area contributed by atoms with E-state index < -0.39 is 0 Å². The van der Waals surface area contributed by atoms with Gasteiger partial charge in [0.25, 0.3) is 11.8 Å². The first-order valence-electron chi connectivity index (χ1n) is 8.29. The number of benzene rings is 1. The van der Waals surface area contributed by atoms with Crippen LogP contribution in [0.3, 0.4) is 0 Å². The van der Waals surface area contributed by atoms with Crippen molar-refractivity contribution in [3.8, 4) is 0 Å². The van der Waals surface area contributed by atoms with E-state index in [1.165, 1.54) is 0 Å². The largest absolute Gasteiger partial charge is 0.352 e. The second-order valence-electron chi connectivity index (χ2n) is 6.16. The van der Waals surface area contributed by atoms with Crippen molar-refractivity contribution >= 4 is 11.8 Å². The number of hydrogen-bond donors (Lipinski definition) is 1. The Morgan fingerprint density at radius 1 is 1.14 bits per heavy atom. The molecule has 1 aliphatic rings. The highest BCUT2D eigenvalue weighted by Gasteiger charge is 2.21. The standard InChI is InChI=1S/C18H26N2O2/c1-3-4-11-19-17(21)15-5-7-16(8-6-15)18(22)20-12-9-14(2)10-13-20/h5-8,14H,3-4,9-13H2,1-2H3,(H,19,21). The van der Waals surface area contributed by atoms with Gasteiger partial charge >= 0.3 is 0 Å². The third kappa shape index (κ3) is 4.33. The Balaban J connectivity index is 1.93. The van der Waals surface area contributed by atoms with Crippen LogP contribution in [-0.4, -0.2) is 36.3 Å². The molecule has 0 aromatic heterocycles. The maximum absolute atomic E-state index is 12.4. The molecule has 2 amide bonds. The van der Waals surface area contributed by atoms with Crippen LogP contribution >= 0.6 is 0 Å². The number of nitrogens with zero attached hydrogens (tertiary/aromatic N) is 1. The predicted molar refractivity (Wildman–Crippen MR) is 88.0 cm³/mol. The Morgan fingerprint density at radius 3 is 2.32 bits per heavy atom. The lowest BCUT2D eigenvalue weighted by Gasteiger charge is -2.30. The third-order valence-corrected chi connectivity index (χ3v) is 4.28. The average molecular weight is 302 g/mol. The molecule has 1 aromatic carbocycles. The van der Waals surface area contributed by atoms with Gasteiger partial charge < -0.3 is 10.2 Å². The fraction of sp³-hybridized carbons (Fsp3) is 0.556. The first-order valence-corrected chi connectivity index (χ1v) is 8.29. The first kappa shape index (κ1) is 16.5. The summed E-state index contributed by atoms with van der Waals surface area (Å²) in [5.41, 5.74) is 1.28. The molecule has 22 heavy (non-hydrogen) atoms. The molecule has 0 atom stereocenters. The highest BCUT2D eigenvalue weighted by molar-refractivity contribution is 5.97. The molecule has 1 aliphatic heterocycles. The van der Waals surface area contributed by atoms with Gasteiger partial charge in [-0.1, -0.05) is 20.3 Å². The van der Waals surface area contributed by atoms with E-state index in [2.05, 4.69) is 19.2 Å². The van der Waals surface area contributed by atoms with Gasteiger partial charge in [0.05, 0.1) is 0 Å². The summed E-state index contributed by atoms with van der Waals surface area (Å²) >= 11 is 0. The summed E-state index contributed by atoms with van der Waals surface area (Å²) in [6.07, 6.45) is 4.19. The van der Waals surface area contributed by atoms with Crippen LogP contribution in [0.2, 0.25) is 0 Å². The van der Waals surface area contributed by atoms with Crippen LogP contribution in [0.1, 0.15) is 60.2 Å².